The van der Waals surface area contributed by atoms with Gasteiger partial charge in [-0.25, -0.2) is 0 Å². The average molecular weight is 242 g/mol. The van der Waals surface area contributed by atoms with Crippen molar-refractivity contribution in [3.8, 4) is 0 Å². The number of ether oxygens (including phenoxy) is 1. The molecule has 2 aliphatic rings. The molecule has 0 spiro atoms. The minimum atomic E-state index is -0.561. The normalized spacial score (nSPS) is 33.5. The first kappa shape index (κ1) is 13.3. The van der Waals surface area contributed by atoms with Crippen LogP contribution in [-0.2, 0) is 4.74 Å². The molecule has 0 bridgehead atoms. The van der Waals surface area contributed by atoms with Crippen LogP contribution in [0.3, 0.4) is 0 Å². The molecule has 1 saturated heterocycles. The Bertz CT molecular complexity index is 229. The number of hydrogen-bond donors (Lipinski definition) is 3. The van der Waals surface area contributed by atoms with Gasteiger partial charge in [-0.2, -0.15) is 0 Å². The lowest BCUT2D eigenvalue weighted by atomic mass is 9.83. The van der Waals surface area contributed by atoms with Crippen LogP contribution in [0.1, 0.15) is 38.5 Å². The zero-order valence-electron chi connectivity index (χ0n) is 10.7. The maximum atomic E-state index is 10.4. The summed E-state index contributed by atoms with van der Waals surface area (Å²) in [4.78, 5) is 0. The largest absolute Gasteiger partial charge is 0.388 e. The second-order valence-corrected chi connectivity index (χ2v) is 5.60. The zero-order valence-corrected chi connectivity index (χ0v) is 10.7. The highest BCUT2D eigenvalue weighted by molar-refractivity contribution is 4.88. The van der Waals surface area contributed by atoms with Crippen molar-refractivity contribution < 1.29 is 9.84 Å². The monoisotopic (exact) mass is 242 g/mol. The summed E-state index contributed by atoms with van der Waals surface area (Å²) < 4.78 is 5.29. The van der Waals surface area contributed by atoms with Crippen LogP contribution in [0.2, 0.25) is 0 Å². The Morgan fingerprint density at radius 1 is 1.24 bits per heavy atom. The quantitative estimate of drug-likeness (QED) is 0.676. The molecule has 1 saturated carbocycles. The van der Waals surface area contributed by atoms with Gasteiger partial charge in [0.15, 0.2) is 0 Å². The van der Waals surface area contributed by atoms with Crippen molar-refractivity contribution in [3.05, 3.63) is 0 Å². The van der Waals surface area contributed by atoms with Crippen LogP contribution in [0.4, 0.5) is 0 Å². The Balaban J connectivity index is 1.79. The molecule has 2 fully saturated rings. The summed E-state index contributed by atoms with van der Waals surface area (Å²) in [5.41, 5.74) is 5.25. The molecule has 4 nitrogen and oxygen atoms in total. The smallest absolute Gasteiger partial charge is 0.0815 e. The van der Waals surface area contributed by atoms with Gasteiger partial charge < -0.3 is 20.9 Å². The molecule has 100 valence electrons. The summed E-state index contributed by atoms with van der Waals surface area (Å²) in [6, 6.07) is 0.501. The van der Waals surface area contributed by atoms with Crippen LogP contribution in [0.5, 0.6) is 0 Å². The Labute approximate surface area is 104 Å². The van der Waals surface area contributed by atoms with E-state index < -0.39 is 5.60 Å². The van der Waals surface area contributed by atoms with Crippen LogP contribution in [0, 0.1) is 5.92 Å². The molecule has 1 aliphatic heterocycles. The third kappa shape index (κ3) is 3.65. The van der Waals surface area contributed by atoms with Gasteiger partial charge in [0.05, 0.1) is 5.60 Å². The van der Waals surface area contributed by atoms with Gasteiger partial charge in [0.1, 0.15) is 0 Å². The molecule has 17 heavy (non-hydrogen) atoms. The fraction of sp³-hybridized carbons (Fsp3) is 1.00. The highest BCUT2D eigenvalue weighted by Crippen LogP contribution is 2.25. The van der Waals surface area contributed by atoms with Gasteiger partial charge in [-0.05, 0) is 25.3 Å². The number of nitrogens with two attached hydrogens (primary N) is 1. The molecule has 4 heteroatoms. The first-order valence-electron chi connectivity index (χ1n) is 6.97. The molecule has 4 N–H and O–H groups in total. The second-order valence-electron chi connectivity index (χ2n) is 5.60. The van der Waals surface area contributed by atoms with Crippen molar-refractivity contribution in [2.75, 3.05) is 26.3 Å². The SMILES string of the molecule is NCC1CCCCC1NCC1(O)CCOCC1. The number of hydrogen-bond acceptors (Lipinski definition) is 4. The molecule has 0 aromatic heterocycles. The summed E-state index contributed by atoms with van der Waals surface area (Å²) in [6.45, 7) is 2.82. The van der Waals surface area contributed by atoms with Gasteiger partial charge in [-0.1, -0.05) is 12.8 Å². The third-order valence-corrected chi connectivity index (χ3v) is 4.33. The van der Waals surface area contributed by atoms with Crippen molar-refractivity contribution in [2.24, 2.45) is 11.7 Å². The van der Waals surface area contributed by atoms with E-state index in [1.807, 2.05) is 0 Å². The van der Waals surface area contributed by atoms with E-state index in [-0.39, 0.29) is 0 Å². The molecule has 1 heterocycles. The molecule has 0 radical (unpaired) electrons. The molecule has 2 unspecified atom stereocenters. The molecule has 2 atom stereocenters. The van der Waals surface area contributed by atoms with E-state index >= 15 is 0 Å². The molecule has 0 aromatic rings. The molecule has 2 rings (SSSR count). The minimum Gasteiger partial charge on any atom is -0.388 e. The lowest BCUT2D eigenvalue weighted by Crippen LogP contribution is -2.51. The molecule has 0 amide bonds. The first-order valence-corrected chi connectivity index (χ1v) is 6.97. The van der Waals surface area contributed by atoms with E-state index in [0.29, 0.717) is 31.7 Å². The predicted octanol–water partition coefficient (Wildman–Crippen LogP) is 0.635. The predicted molar refractivity (Wildman–Crippen MR) is 67.8 cm³/mol. The van der Waals surface area contributed by atoms with E-state index in [4.69, 9.17) is 10.5 Å². The van der Waals surface area contributed by atoms with Crippen molar-refractivity contribution in [3.63, 3.8) is 0 Å². The Morgan fingerprint density at radius 3 is 2.65 bits per heavy atom. The highest BCUT2D eigenvalue weighted by Gasteiger charge is 2.32. The molecular weight excluding hydrogens is 216 g/mol. The maximum Gasteiger partial charge on any atom is 0.0815 e. The standard InChI is InChI=1S/C13H26N2O2/c14-9-11-3-1-2-4-12(11)15-10-13(16)5-7-17-8-6-13/h11-12,15-16H,1-10,14H2. The van der Waals surface area contributed by atoms with Crippen LogP contribution < -0.4 is 11.1 Å². The number of rotatable bonds is 4. The van der Waals surface area contributed by atoms with Crippen molar-refractivity contribution >= 4 is 0 Å². The second kappa shape index (κ2) is 6.14. The number of nitrogens with one attached hydrogen (secondary N) is 1. The summed E-state index contributed by atoms with van der Waals surface area (Å²) >= 11 is 0. The molecule has 0 aromatic carbocycles. The summed E-state index contributed by atoms with van der Waals surface area (Å²) in [6.07, 6.45) is 6.53. The van der Waals surface area contributed by atoms with Crippen LogP contribution in [-0.4, -0.2) is 43.1 Å². The maximum absolute atomic E-state index is 10.4. The van der Waals surface area contributed by atoms with E-state index in [1.165, 1.54) is 25.7 Å². The van der Waals surface area contributed by atoms with Gasteiger partial charge in [-0.15, -0.1) is 0 Å². The lowest BCUT2D eigenvalue weighted by Gasteiger charge is -2.37. The third-order valence-electron chi connectivity index (χ3n) is 4.33. The Hall–Kier alpha value is -0.160. The van der Waals surface area contributed by atoms with Crippen LogP contribution >= 0.6 is 0 Å². The van der Waals surface area contributed by atoms with Crippen LogP contribution in [0.15, 0.2) is 0 Å². The van der Waals surface area contributed by atoms with E-state index in [2.05, 4.69) is 5.32 Å². The lowest BCUT2D eigenvalue weighted by molar-refractivity contribution is -0.0639. The molecular formula is C13H26N2O2. The van der Waals surface area contributed by atoms with E-state index in [0.717, 1.165) is 19.4 Å². The number of aliphatic hydroxyl groups is 1. The highest BCUT2D eigenvalue weighted by atomic mass is 16.5. The van der Waals surface area contributed by atoms with Gasteiger partial charge in [0.2, 0.25) is 0 Å². The average Bonchev–Trinajstić information content (AvgIpc) is 2.38. The van der Waals surface area contributed by atoms with E-state index in [9.17, 15) is 5.11 Å². The summed E-state index contributed by atoms with van der Waals surface area (Å²) in [5.74, 6) is 0.590. The topological polar surface area (TPSA) is 67.5 Å². The fourth-order valence-electron chi connectivity index (χ4n) is 3.01. The van der Waals surface area contributed by atoms with Gasteiger partial charge in [-0.3, -0.25) is 0 Å². The Morgan fingerprint density at radius 2 is 1.94 bits per heavy atom. The van der Waals surface area contributed by atoms with E-state index in [1.54, 1.807) is 0 Å². The van der Waals surface area contributed by atoms with Crippen LogP contribution in [0.25, 0.3) is 0 Å². The van der Waals surface area contributed by atoms with Crippen molar-refractivity contribution in [1.82, 2.24) is 5.32 Å². The Kier molecular flexibility index (Phi) is 4.79. The fourth-order valence-corrected chi connectivity index (χ4v) is 3.01. The minimum absolute atomic E-state index is 0.501. The van der Waals surface area contributed by atoms with Gasteiger partial charge >= 0.3 is 0 Å². The molecule has 1 aliphatic carbocycles. The summed E-state index contributed by atoms with van der Waals surface area (Å²) in [5, 5.41) is 13.9. The van der Waals surface area contributed by atoms with Gasteiger partial charge in [0.25, 0.3) is 0 Å². The van der Waals surface area contributed by atoms with Crippen molar-refractivity contribution in [2.45, 2.75) is 50.2 Å². The first-order chi connectivity index (χ1) is 8.23. The van der Waals surface area contributed by atoms with Gasteiger partial charge in [0, 0.05) is 38.6 Å². The summed E-state index contributed by atoms with van der Waals surface area (Å²) in [7, 11) is 0. The zero-order chi connectivity index (χ0) is 12.1. The van der Waals surface area contributed by atoms with Crippen molar-refractivity contribution in [1.29, 1.82) is 0 Å².